The predicted molar refractivity (Wildman–Crippen MR) is 95.6 cm³/mol. The van der Waals surface area contributed by atoms with Crippen molar-refractivity contribution >= 4 is 5.91 Å². The third-order valence-corrected chi connectivity index (χ3v) is 3.77. The summed E-state index contributed by atoms with van der Waals surface area (Å²) in [5.41, 5.74) is 0.566. The first-order chi connectivity index (χ1) is 12.3. The molecule has 0 saturated carbocycles. The first-order valence-electron chi connectivity index (χ1n) is 8.38. The summed E-state index contributed by atoms with van der Waals surface area (Å²) in [6.07, 6.45) is 0. The fourth-order valence-corrected chi connectivity index (χ4v) is 2.39. The van der Waals surface area contributed by atoms with E-state index in [1.54, 1.807) is 25.1 Å². The molecule has 6 heteroatoms. The number of halogens is 2. The largest absolute Gasteiger partial charge is 0.493 e. The number of carbonyl (C=O) groups excluding carboxylic acids is 1. The van der Waals surface area contributed by atoms with Crippen molar-refractivity contribution in [3.05, 3.63) is 59.2 Å². The molecule has 0 aliphatic carbocycles. The van der Waals surface area contributed by atoms with Gasteiger partial charge in [0.05, 0.1) is 19.8 Å². The molecule has 0 heterocycles. The predicted octanol–water partition coefficient (Wildman–Crippen LogP) is 4.50. The van der Waals surface area contributed by atoms with Crippen LogP contribution in [0.3, 0.4) is 0 Å². The molecule has 0 aliphatic rings. The molecule has 4 nitrogen and oxygen atoms in total. The SMILES string of the molecule is COc1cc(C(=O)NC(C)c2ccc(F)cc2F)ccc1OCC(C)C. The Morgan fingerprint density at radius 1 is 1.08 bits per heavy atom. The third kappa shape index (κ3) is 4.94. The number of carbonyl (C=O) groups is 1. The number of methoxy groups -OCH3 is 1. The van der Waals surface area contributed by atoms with Crippen LogP contribution in [0.2, 0.25) is 0 Å². The van der Waals surface area contributed by atoms with E-state index in [0.29, 0.717) is 29.6 Å². The van der Waals surface area contributed by atoms with Crippen LogP contribution in [0.15, 0.2) is 36.4 Å². The van der Waals surface area contributed by atoms with Crippen LogP contribution >= 0.6 is 0 Å². The summed E-state index contributed by atoms with van der Waals surface area (Å²) in [7, 11) is 1.50. The van der Waals surface area contributed by atoms with E-state index in [4.69, 9.17) is 9.47 Å². The lowest BCUT2D eigenvalue weighted by Gasteiger charge is -2.17. The average Bonchev–Trinajstić information content (AvgIpc) is 2.59. The van der Waals surface area contributed by atoms with Gasteiger partial charge in [-0.25, -0.2) is 8.78 Å². The number of amides is 1. The minimum Gasteiger partial charge on any atom is -0.493 e. The van der Waals surface area contributed by atoms with E-state index in [-0.39, 0.29) is 5.56 Å². The number of benzene rings is 2. The van der Waals surface area contributed by atoms with E-state index in [2.05, 4.69) is 5.32 Å². The monoisotopic (exact) mass is 363 g/mol. The number of ether oxygens (including phenoxy) is 2. The summed E-state index contributed by atoms with van der Waals surface area (Å²) in [6, 6.07) is 7.50. The van der Waals surface area contributed by atoms with Crippen LogP contribution in [-0.4, -0.2) is 19.6 Å². The summed E-state index contributed by atoms with van der Waals surface area (Å²) >= 11 is 0. The van der Waals surface area contributed by atoms with Gasteiger partial charge in [0.1, 0.15) is 11.6 Å². The van der Waals surface area contributed by atoms with Crippen LogP contribution < -0.4 is 14.8 Å². The van der Waals surface area contributed by atoms with Crippen molar-refractivity contribution in [2.75, 3.05) is 13.7 Å². The van der Waals surface area contributed by atoms with E-state index < -0.39 is 23.6 Å². The van der Waals surface area contributed by atoms with Gasteiger partial charge in [0.15, 0.2) is 11.5 Å². The first kappa shape index (κ1) is 19.7. The van der Waals surface area contributed by atoms with Gasteiger partial charge in [-0.2, -0.15) is 0 Å². The zero-order chi connectivity index (χ0) is 19.3. The quantitative estimate of drug-likeness (QED) is 0.788. The molecular formula is C20H23F2NO3. The third-order valence-electron chi connectivity index (χ3n) is 3.77. The van der Waals surface area contributed by atoms with Crippen LogP contribution in [0.1, 0.15) is 42.7 Å². The minimum atomic E-state index is -0.701. The highest BCUT2D eigenvalue weighted by Gasteiger charge is 2.17. The van der Waals surface area contributed by atoms with Gasteiger partial charge in [0, 0.05) is 17.2 Å². The Hall–Kier alpha value is -2.63. The van der Waals surface area contributed by atoms with Crippen molar-refractivity contribution in [3.63, 3.8) is 0 Å². The van der Waals surface area contributed by atoms with Gasteiger partial charge in [-0.05, 0) is 37.1 Å². The maximum Gasteiger partial charge on any atom is 0.251 e. The van der Waals surface area contributed by atoms with Gasteiger partial charge >= 0.3 is 0 Å². The van der Waals surface area contributed by atoms with Crippen molar-refractivity contribution in [2.24, 2.45) is 5.92 Å². The molecule has 0 fully saturated rings. The standard InChI is InChI=1S/C20H23F2NO3/c1-12(2)11-26-18-8-5-14(9-19(18)25-4)20(24)23-13(3)16-7-6-15(21)10-17(16)22/h5-10,12-13H,11H2,1-4H3,(H,23,24). The van der Waals surface area contributed by atoms with Crippen LogP contribution in [0.4, 0.5) is 8.78 Å². The molecule has 26 heavy (non-hydrogen) atoms. The second kappa shape index (κ2) is 8.65. The molecule has 1 atom stereocenters. The molecule has 2 aromatic carbocycles. The Morgan fingerprint density at radius 3 is 2.42 bits per heavy atom. The molecule has 1 amide bonds. The lowest BCUT2D eigenvalue weighted by atomic mass is 10.1. The van der Waals surface area contributed by atoms with Gasteiger partial charge in [-0.15, -0.1) is 0 Å². The first-order valence-corrected chi connectivity index (χ1v) is 8.38. The van der Waals surface area contributed by atoms with Crippen molar-refractivity contribution in [1.82, 2.24) is 5.32 Å². The molecule has 2 rings (SSSR count). The van der Waals surface area contributed by atoms with Gasteiger partial charge in [-0.3, -0.25) is 4.79 Å². The van der Waals surface area contributed by atoms with E-state index in [1.165, 1.54) is 13.2 Å². The lowest BCUT2D eigenvalue weighted by molar-refractivity contribution is 0.0939. The van der Waals surface area contributed by atoms with Crippen LogP contribution in [0.5, 0.6) is 11.5 Å². The Morgan fingerprint density at radius 2 is 1.81 bits per heavy atom. The van der Waals surface area contributed by atoms with E-state index in [1.807, 2.05) is 13.8 Å². The zero-order valence-electron chi connectivity index (χ0n) is 15.3. The van der Waals surface area contributed by atoms with Crippen molar-refractivity contribution in [2.45, 2.75) is 26.8 Å². The van der Waals surface area contributed by atoms with E-state index in [9.17, 15) is 13.6 Å². The summed E-state index contributed by atoms with van der Waals surface area (Å²) in [5, 5.41) is 2.70. The summed E-state index contributed by atoms with van der Waals surface area (Å²) < 4.78 is 37.8. The fraction of sp³-hybridized carbons (Fsp3) is 0.350. The lowest BCUT2D eigenvalue weighted by Crippen LogP contribution is -2.27. The smallest absolute Gasteiger partial charge is 0.251 e. The number of rotatable bonds is 7. The van der Waals surface area contributed by atoms with Gasteiger partial charge in [-0.1, -0.05) is 19.9 Å². The maximum atomic E-state index is 13.8. The number of nitrogens with one attached hydrogen (secondary N) is 1. The highest BCUT2D eigenvalue weighted by molar-refractivity contribution is 5.95. The minimum absolute atomic E-state index is 0.212. The molecule has 2 aromatic rings. The molecule has 1 N–H and O–H groups in total. The Balaban J connectivity index is 2.13. The zero-order valence-corrected chi connectivity index (χ0v) is 15.3. The Bertz CT molecular complexity index is 778. The summed E-state index contributed by atoms with van der Waals surface area (Å²) in [5.74, 6) is -0.405. The molecule has 0 saturated heterocycles. The second-order valence-electron chi connectivity index (χ2n) is 6.43. The maximum absolute atomic E-state index is 13.8. The molecular weight excluding hydrogens is 340 g/mol. The van der Waals surface area contributed by atoms with Crippen LogP contribution in [0.25, 0.3) is 0 Å². The normalized spacial score (nSPS) is 12.0. The number of hydrogen-bond donors (Lipinski definition) is 1. The summed E-state index contributed by atoms with van der Waals surface area (Å²) in [4.78, 5) is 12.4. The fourth-order valence-electron chi connectivity index (χ4n) is 2.39. The van der Waals surface area contributed by atoms with Gasteiger partial charge in [0.25, 0.3) is 5.91 Å². The van der Waals surface area contributed by atoms with Crippen molar-refractivity contribution < 1.29 is 23.0 Å². The van der Waals surface area contributed by atoms with E-state index in [0.717, 1.165) is 12.1 Å². The Kier molecular flexibility index (Phi) is 6.55. The topological polar surface area (TPSA) is 47.6 Å². The second-order valence-corrected chi connectivity index (χ2v) is 6.43. The van der Waals surface area contributed by atoms with E-state index >= 15 is 0 Å². The van der Waals surface area contributed by atoms with Crippen LogP contribution in [-0.2, 0) is 0 Å². The molecule has 0 aliphatic heterocycles. The molecule has 0 bridgehead atoms. The molecule has 140 valence electrons. The molecule has 0 aromatic heterocycles. The molecule has 1 unspecified atom stereocenters. The van der Waals surface area contributed by atoms with Crippen molar-refractivity contribution in [3.8, 4) is 11.5 Å². The number of hydrogen-bond acceptors (Lipinski definition) is 3. The highest BCUT2D eigenvalue weighted by Crippen LogP contribution is 2.29. The average molecular weight is 363 g/mol. The van der Waals surface area contributed by atoms with Gasteiger partial charge < -0.3 is 14.8 Å². The highest BCUT2D eigenvalue weighted by atomic mass is 19.1. The molecule has 0 radical (unpaired) electrons. The van der Waals surface area contributed by atoms with Crippen LogP contribution in [0, 0.1) is 17.6 Å². The Labute approximate surface area is 152 Å². The van der Waals surface area contributed by atoms with Gasteiger partial charge in [0.2, 0.25) is 0 Å². The summed E-state index contributed by atoms with van der Waals surface area (Å²) in [6.45, 7) is 6.23. The molecule has 0 spiro atoms. The van der Waals surface area contributed by atoms with Crippen molar-refractivity contribution in [1.29, 1.82) is 0 Å².